The average Bonchev–Trinajstić information content (AvgIpc) is 2.99. The standard InChI is InChI=1S/C24H19N2/c1-14-10-11-16-7-5-9-19-21(16)20(14)24-23-18(12-13-25(24)3)17-8-4-6-15(2)22(17)26(19)23/h4-13H,1-3H3/q+1. The van der Waals surface area contributed by atoms with Crippen molar-refractivity contribution in [3.63, 3.8) is 0 Å². The Bertz CT molecular complexity index is 1500. The van der Waals surface area contributed by atoms with Crippen LogP contribution in [0.2, 0.25) is 0 Å². The molecule has 0 saturated carbocycles. The van der Waals surface area contributed by atoms with E-state index < -0.39 is 0 Å². The number of para-hydroxylation sites is 1. The van der Waals surface area contributed by atoms with Crippen LogP contribution in [0.5, 0.6) is 0 Å². The summed E-state index contributed by atoms with van der Waals surface area (Å²) in [5, 5.41) is 6.72. The van der Waals surface area contributed by atoms with E-state index in [0.29, 0.717) is 0 Å². The van der Waals surface area contributed by atoms with Crippen LogP contribution < -0.4 is 4.57 Å². The summed E-state index contributed by atoms with van der Waals surface area (Å²) >= 11 is 0. The third kappa shape index (κ3) is 1.47. The molecule has 3 aromatic heterocycles. The lowest BCUT2D eigenvalue weighted by Gasteiger charge is -2.13. The molecule has 0 aliphatic rings. The third-order valence-electron chi connectivity index (χ3n) is 5.98. The number of pyridine rings is 2. The number of aromatic nitrogens is 2. The van der Waals surface area contributed by atoms with Gasteiger partial charge in [-0.25, -0.2) is 0 Å². The van der Waals surface area contributed by atoms with Gasteiger partial charge in [0, 0.05) is 22.2 Å². The molecule has 0 aliphatic carbocycles. The van der Waals surface area contributed by atoms with E-state index in [9.17, 15) is 0 Å². The fraction of sp³-hybridized carbons (Fsp3) is 0.125. The summed E-state index contributed by atoms with van der Waals surface area (Å²) in [5.41, 5.74) is 7.93. The van der Waals surface area contributed by atoms with Gasteiger partial charge in [-0.1, -0.05) is 42.5 Å². The van der Waals surface area contributed by atoms with E-state index in [2.05, 4.69) is 90.7 Å². The van der Waals surface area contributed by atoms with Crippen LogP contribution in [-0.2, 0) is 7.05 Å². The van der Waals surface area contributed by atoms with Crippen LogP contribution in [0.1, 0.15) is 11.1 Å². The zero-order chi connectivity index (χ0) is 17.6. The van der Waals surface area contributed by atoms with Crippen molar-refractivity contribution in [2.24, 2.45) is 7.05 Å². The molecule has 0 spiro atoms. The maximum absolute atomic E-state index is 2.49. The van der Waals surface area contributed by atoms with Crippen LogP contribution in [0.3, 0.4) is 0 Å². The van der Waals surface area contributed by atoms with Gasteiger partial charge in [0.25, 0.3) is 0 Å². The highest BCUT2D eigenvalue weighted by Crippen LogP contribution is 2.40. The van der Waals surface area contributed by atoms with Gasteiger partial charge >= 0.3 is 0 Å². The molecule has 0 aliphatic heterocycles. The first-order valence-electron chi connectivity index (χ1n) is 9.12. The SMILES string of the molecule is Cc1ccc2cccc3c2c1c1c2c(cc[n+]1C)c1cccc(C)c1n32. The molecule has 3 aromatic carbocycles. The maximum atomic E-state index is 2.49. The van der Waals surface area contributed by atoms with E-state index in [0.717, 1.165) is 0 Å². The molecule has 6 rings (SSSR count). The number of rotatable bonds is 0. The zero-order valence-corrected chi connectivity index (χ0v) is 15.2. The molecule has 0 N–H and O–H groups in total. The fourth-order valence-electron chi connectivity index (χ4n) is 4.85. The highest BCUT2D eigenvalue weighted by Gasteiger charge is 2.24. The van der Waals surface area contributed by atoms with Gasteiger partial charge in [-0.15, -0.1) is 0 Å². The molecule has 0 fully saturated rings. The monoisotopic (exact) mass is 335 g/mol. The van der Waals surface area contributed by atoms with Crippen molar-refractivity contribution in [3.05, 3.63) is 71.9 Å². The molecular formula is C24H19N2+. The Morgan fingerprint density at radius 2 is 1.54 bits per heavy atom. The molecule has 0 saturated heterocycles. The summed E-state index contributed by atoms with van der Waals surface area (Å²) in [6.45, 7) is 4.45. The minimum absolute atomic E-state index is 1.30. The van der Waals surface area contributed by atoms with Crippen LogP contribution >= 0.6 is 0 Å². The highest BCUT2D eigenvalue weighted by molar-refractivity contribution is 6.25. The number of fused-ring (bicyclic) bond motifs is 5. The lowest BCUT2D eigenvalue weighted by atomic mass is 9.98. The molecule has 6 aromatic rings. The summed E-state index contributed by atoms with van der Waals surface area (Å²) in [5.74, 6) is 0. The molecule has 0 amide bonds. The van der Waals surface area contributed by atoms with Crippen LogP contribution in [0.4, 0.5) is 0 Å². The van der Waals surface area contributed by atoms with Gasteiger partial charge in [-0.2, -0.15) is 4.57 Å². The van der Waals surface area contributed by atoms with Crippen molar-refractivity contribution in [2.45, 2.75) is 13.8 Å². The molecule has 0 atom stereocenters. The van der Waals surface area contributed by atoms with Gasteiger partial charge in [0.15, 0.2) is 6.20 Å². The second kappa shape index (κ2) is 4.53. The minimum Gasteiger partial charge on any atom is -0.303 e. The van der Waals surface area contributed by atoms with Crippen LogP contribution in [0.15, 0.2) is 60.8 Å². The molecule has 0 bridgehead atoms. The van der Waals surface area contributed by atoms with E-state index >= 15 is 0 Å². The first kappa shape index (κ1) is 14.1. The number of aryl methyl sites for hydroxylation is 3. The topological polar surface area (TPSA) is 8.29 Å². The predicted octanol–water partition coefficient (Wildman–Crippen LogP) is 5.43. The Morgan fingerprint density at radius 3 is 2.42 bits per heavy atom. The average molecular weight is 335 g/mol. The second-order valence-corrected chi connectivity index (χ2v) is 7.48. The van der Waals surface area contributed by atoms with Crippen LogP contribution in [0.25, 0.3) is 49.0 Å². The van der Waals surface area contributed by atoms with E-state index in [1.54, 1.807) is 0 Å². The Labute approximate surface area is 151 Å². The Kier molecular flexibility index (Phi) is 2.45. The molecule has 124 valence electrons. The summed E-state index contributed by atoms with van der Waals surface area (Å²) in [7, 11) is 2.16. The van der Waals surface area contributed by atoms with Gasteiger partial charge < -0.3 is 4.40 Å². The molecule has 0 radical (unpaired) electrons. The first-order valence-corrected chi connectivity index (χ1v) is 9.12. The largest absolute Gasteiger partial charge is 0.303 e. The van der Waals surface area contributed by atoms with E-state index in [4.69, 9.17) is 0 Å². The first-order chi connectivity index (χ1) is 12.7. The van der Waals surface area contributed by atoms with Crippen molar-refractivity contribution < 1.29 is 4.57 Å². The number of hydrogen-bond acceptors (Lipinski definition) is 0. The highest BCUT2D eigenvalue weighted by atomic mass is 15.0. The van der Waals surface area contributed by atoms with Crippen molar-refractivity contribution in [1.29, 1.82) is 0 Å². The zero-order valence-electron chi connectivity index (χ0n) is 15.2. The number of benzene rings is 3. The van der Waals surface area contributed by atoms with Crippen LogP contribution in [0, 0.1) is 13.8 Å². The molecule has 26 heavy (non-hydrogen) atoms. The Balaban J connectivity index is 2.18. The molecular weight excluding hydrogens is 316 g/mol. The molecule has 2 nitrogen and oxygen atoms in total. The normalized spacial score (nSPS) is 12.4. The Morgan fingerprint density at radius 1 is 0.731 bits per heavy atom. The van der Waals surface area contributed by atoms with Gasteiger partial charge in [0.1, 0.15) is 12.6 Å². The third-order valence-corrected chi connectivity index (χ3v) is 5.98. The van der Waals surface area contributed by atoms with Gasteiger partial charge in [0.05, 0.1) is 16.4 Å². The maximum Gasteiger partial charge on any atom is 0.238 e. The number of hydrogen-bond donors (Lipinski definition) is 0. The Hall–Kier alpha value is -3.13. The summed E-state index contributed by atoms with van der Waals surface area (Å²) in [4.78, 5) is 0. The lowest BCUT2D eigenvalue weighted by molar-refractivity contribution is -0.644. The summed E-state index contributed by atoms with van der Waals surface area (Å²) < 4.78 is 4.77. The predicted molar refractivity (Wildman–Crippen MR) is 109 cm³/mol. The second-order valence-electron chi connectivity index (χ2n) is 7.48. The lowest BCUT2D eigenvalue weighted by Crippen LogP contribution is -2.28. The van der Waals surface area contributed by atoms with Gasteiger partial charge in [-0.05, 0) is 36.4 Å². The quantitative estimate of drug-likeness (QED) is 0.199. The smallest absolute Gasteiger partial charge is 0.238 e. The fourth-order valence-corrected chi connectivity index (χ4v) is 4.85. The van der Waals surface area contributed by atoms with Crippen molar-refractivity contribution in [2.75, 3.05) is 0 Å². The van der Waals surface area contributed by atoms with E-state index in [-0.39, 0.29) is 0 Å². The summed E-state index contributed by atoms with van der Waals surface area (Å²) in [6, 6.07) is 20.1. The molecule has 2 heteroatoms. The molecule has 3 heterocycles. The number of nitrogens with zero attached hydrogens (tertiary/aromatic N) is 2. The van der Waals surface area contributed by atoms with Crippen molar-refractivity contribution in [3.8, 4) is 0 Å². The van der Waals surface area contributed by atoms with E-state index in [1.807, 2.05) is 0 Å². The summed E-state index contributed by atoms with van der Waals surface area (Å²) in [6.07, 6.45) is 2.20. The molecule has 0 unspecified atom stereocenters. The van der Waals surface area contributed by atoms with Crippen molar-refractivity contribution >= 4 is 49.0 Å². The van der Waals surface area contributed by atoms with Crippen molar-refractivity contribution in [1.82, 2.24) is 4.40 Å². The van der Waals surface area contributed by atoms with Gasteiger partial charge in [-0.3, -0.25) is 0 Å². The minimum atomic E-state index is 1.30. The van der Waals surface area contributed by atoms with Gasteiger partial charge in [0.2, 0.25) is 5.52 Å². The van der Waals surface area contributed by atoms with Crippen LogP contribution in [-0.4, -0.2) is 4.40 Å². The van der Waals surface area contributed by atoms with E-state index in [1.165, 1.54) is 60.1 Å².